The normalized spacial score (nSPS) is 14.4. The molecular weight excluding hydrogens is 294 g/mol. The summed E-state index contributed by atoms with van der Waals surface area (Å²) in [4.78, 5) is 13.1. The van der Waals surface area contributed by atoms with Gasteiger partial charge in [-0.15, -0.1) is 0 Å². The molecule has 1 fully saturated rings. The fraction of sp³-hybridized carbons (Fsp3) is 0.188. The first-order valence-electron chi connectivity index (χ1n) is 7.47. The van der Waals surface area contributed by atoms with Crippen molar-refractivity contribution in [3.05, 3.63) is 36.9 Å². The topological polar surface area (TPSA) is 89.0 Å². The quantitative estimate of drug-likeness (QED) is 0.594. The Balaban J connectivity index is 1.53. The summed E-state index contributed by atoms with van der Waals surface area (Å²) in [7, 11) is 0. The number of nitrogens with one attached hydrogen (secondary N) is 2. The second kappa shape index (κ2) is 4.70. The summed E-state index contributed by atoms with van der Waals surface area (Å²) < 4.78 is 10.8. The first-order chi connectivity index (χ1) is 11.3. The highest BCUT2D eigenvalue weighted by Gasteiger charge is 2.23. The van der Waals surface area contributed by atoms with Crippen LogP contribution in [0.1, 0.15) is 12.8 Å². The average molecular weight is 307 g/mol. The summed E-state index contributed by atoms with van der Waals surface area (Å²) in [6.07, 6.45) is 5.39. The molecule has 2 N–H and O–H groups in total. The highest BCUT2D eigenvalue weighted by atomic mass is 16.3. The van der Waals surface area contributed by atoms with Crippen molar-refractivity contribution in [1.29, 1.82) is 0 Å². The smallest absolute Gasteiger partial charge is 0.229 e. The first kappa shape index (κ1) is 12.5. The van der Waals surface area contributed by atoms with Crippen molar-refractivity contribution < 1.29 is 8.83 Å². The van der Waals surface area contributed by atoms with Gasteiger partial charge < -0.3 is 19.5 Å². The Hall–Kier alpha value is -3.09. The second-order valence-corrected chi connectivity index (χ2v) is 5.61. The number of furan rings is 1. The Morgan fingerprint density at radius 1 is 1.04 bits per heavy atom. The van der Waals surface area contributed by atoms with Crippen LogP contribution in [0.2, 0.25) is 0 Å². The zero-order valence-corrected chi connectivity index (χ0v) is 12.1. The number of rotatable bonds is 4. The van der Waals surface area contributed by atoms with Gasteiger partial charge in [-0.3, -0.25) is 0 Å². The summed E-state index contributed by atoms with van der Waals surface area (Å²) in [5.41, 5.74) is 3.84. The molecule has 114 valence electrons. The van der Waals surface area contributed by atoms with Crippen LogP contribution in [0.5, 0.6) is 0 Å². The molecule has 23 heavy (non-hydrogen) atoms. The summed E-state index contributed by atoms with van der Waals surface area (Å²) in [5.74, 6) is 1.24. The van der Waals surface area contributed by atoms with E-state index in [-0.39, 0.29) is 0 Å². The fourth-order valence-electron chi connectivity index (χ4n) is 2.50. The van der Waals surface area contributed by atoms with Crippen molar-refractivity contribution in [1.82, 2.24) is 15.0 Å². The molecule has 1 aliphatic carbocycles. The van der Waals surface area contributed by atoms with Gasteiger partial charge in [0.1, 0.15) is 11.0 Å². The second-order valence-electron chi connectivity index (χ2n) is 5.61. The highest BCUT2D eigenvalue weighted by molar-refractivity contribution is 5.85. The summed E-state index contributed by atoms with van der Waals surface area (Å²) in [5, 5.41) is 6.59. The Labute approximate surface area is 130 Å². The lowest BCUT2D eigenvalue weighted by Gasteiger charge is -2.08. The standard InChI is InChI=1S/C16H13N5O2/c1-2-9(1)18-15-14-12(5-6-22-14)20-16(21-15)19-10-3-4-11-13(7-10)23-8-17-11/h3-9H,1-2H2,(H2,18,19,20,21). The van der Waals surface area contributed by atoms with E-state index in [1.807, 2.05) is 24.3 Å². The molecule has 0 bridgehead atoms. The fourth-order valence-corrected chi connectivity index (χ4v) is 2.50. The number of benzene rings is 1. The minimum Gasteiger partial charge on any atom is -0.459 e. The van der Waals surface area contributed by atoms with E-state index in [1.54, 1.807) is 6.26 Å². The minimum absolute atomic E-state index is 0.483. The molecule has 0 saturated heterocycles. The number of anilines is 3. The molecule has 0 atom stereocenters. The van der Waals surface area contributed by atoms with Gasteiger partial charge in [-0.1, -0.05) is 0 Å². The van der Waals surface area contributed by atoms with E-state index >= 15 is 0 Å². The monoisotopic (exact) mass is 307 g/mol. The van der Waals surface area contributed by atoms with Crippen LogP contribution in [0.25, 0.3) is 22.2 Å². The van der Waals surface area contributed by atoms with Crippen LogP contribution >= 0.6 is 0 Å². The largest absolute Gasteiger partial charge is 0.459 e. The van der Waals surface area contributed by atoms with Crippen molar-refractivity contribution in [2.75, 3.05) is 10.6 Å². The van der Waals surface area contributed by atoms with Gasteiger partial charge in [0.2, 0.25) is 5.95 Å². The van der Waals surface area contributed by atoms with Crippen molar-refractivity contribution in [2.45, 2.75) is 18.9 Å². The molecule has 1 aliphatic rings. The van der Waals surface area contributed by atoms with E-state index in [1.165, 1.54) is 6.39 Å². The van der Waals surface area contributed by atoms with Gasteiger partial charge in [0.05, 0.1) is 6.26 Å². The third-order valence-corrected chi connectivity index (χ3v) is 3.81. The van der Waals surface area contributed by atoms with E-state index in [4.69, 9.17) is 8.83 Å². The van der Waals surface area contributed by atoms with Gasteiger partial charge in [0, 0.05) is 23.9 Å². The molecular formula is C16H13N5O2. The number of hydrogen-bond donors (Lipinski definition) is 2. The van der Waals surface area contributed by atoms with Crippen molar-refractivity contribution in [3.63, 3.8) is 0 Å². The van der Waals surface area contributed by atoms with Crippen LogP contribution < -0.4 is 10.6 Å². The van der Waals surface area contributed by atoms with E-state index in [9.17, 15) is 0 Å². The predicted octanol–water partition coefficient (Wildman–Crippen LogP) is 3.68. The van der Waals surface area contributed by atoms with Crippen LogP contribution in [0.3, 0.4) is 0 Å². The molecule has 0 aliphatic heterocycles. The zero-order valence-electron chi connectivity index (χ0n) is 12.1. The molecule has 1 aromatic carbocycles. The van der Waals surface area contributed by atoms with Crippen molar-refractivity contribution in [3.8, 4) is 0 Å². The maximum atomic E-state index is 5.49. The predicted molar refractivity (Wildman–Crippen MR) is 85.7 cm³/mol. The van der Waals surface area contributed by atoms with Gasteiger partial charge in [0.15, 0.2) is 23.4 Å². The third-order valence-electron chi connectivity index (χ3n) is 3.81. The van der Waals surface area contributed by atoms with Crippen LogP contribution in [-0.2, 0) is 0 Å². The van der Waals surface area contributed by atoms with Gasteiger partial charge >= 0.3 is 0 Å². The van der Waals surface area contributed by atoms with E-state index in [0.717, 1.165) is 41.0 Å². The lowest BCUT2D eigenvalue weighted by atomic mass is 10.3. The number of oxazole rings is 1. The first-order valence-corrected chi connectivity index (χ1v) is 7.47. The SMILES string of the molecule is c1nc2ccc(Nc3nc(NC4CC4)c4occc4n3)cc2o1. The Kier molecular flexibility index (Phi) is 2.55. The number of hydrogen-bond acceptors (Lipinski definition) is 7. The molecule has 1 saturated carbocycles. The van der Waals surface area contributed by atoms with Crippen molar-refractivity contribution in [2.24, 2.45) is 0 Å². The van der Waals surface area contributed by atoms with Crippen LogP contribution in [0.15, 0.2) is 45.8 Å². The van der Waals surface area contributed by atoms with Crippen molar-refractivity contribution >= 4 is 39.7 Å². The molecule has 0 unspecified atom stereocenters. The molecule has 3 heterocycles. The third kappa shape index (κ3) is 2.26. The summed E-state index contributed by atoms with van der Waals surface area (Å²) >= 11 is 0. The zero-order chi connectivity index (χ0) is 15.2. The molecule has 0 amide bonds. The van der Waals surface area contributed by atoms with Gasteiger partial charge in [-0.2, -0.15) is 4.98 Å². The molecule has 7 heteroatoms. The van der Waals surface area contributed by atoms with Gasteiger partial charge in [-0.05, 0) is 25.0 Å². The maximum Gasteiger partial charge on any atom is 0.229 e. The van der Waals surface area contributed by atoms with Gasteiger partial charge in [0.25, 0.3) is 0 Å². The molecule has 3 aromatic heterocycles. The lowest BCUT2D eigenvalue weighted by molar-refractivity contribution is 0.602. The van der Waals surface area contributed by atoms with Crippen LogP contribution in [-0.4, -0.2) is 21.0 Å². The Morgan fingerprint density at radius 3 is 2.91 bits per heavy atom. The average Bonchev–Trinajstić information content (AvgIpc) is 3.06. The number of fused-ring (bicyclic) bond motifs is 2. The van der Waals surface area contributed by atoms with E-state index < -0.39 is 0 Å². The van der Waals surface area contributed by atoms with Crippen LogP contribution in [0.4, 0.5) is 17.5 Å². The molecule has 0 spiro atoms. The van der Waals surface area contributed by atoms with Crippen LogP contribution in [0, 0.1) is 0 Å². The van der Waals surface area contributed by atoms with E-state index in [2.05, 4.69) is 25.6 Å². The molecule has 7 nitrogen and oxygen atoms in total. The number of nitrogens with zero attached hydrogens (tertiary/aromatic N) is 3. The molecule has 0 radical (unpaired) electrons. The Morgan fingerprint density at radius 2 is 2.00 bits per heavy atom. The highest BCUT2D eigenvalue weighted by Crippen LogP contribution is 2.30. The lowest BCUT2D eigenvalue weighted by Crippen LogP contribution is -2.06. The maximum absolute atomic E-state index is 5.49. The summed E-state index contributed by atoms with van der Waals surface area (Å²) in [6.45, 7) is 0. The van der Waals surface area contributed by atoms with Gasteiger partial charge in [-0.25, -0.2) is 9.97 Å². The van der Waals surface area contributed by atoms with E-state index in [0.29, 0.717) is 17.6 Å². The minimum atomic E-state index is 0.483. The molecule has 5 rings (SSSR count). The molecule has 4 aromatic rings. The number of aromatic nitrogens is 3. The summed E-state index contributed by atoms with van der Waals surface area (Å²) in [6, 6.07) is 8.00. The Bertz CT molecular complexity index is 1000.